The second kappa shape index (κ2) is 16.4. The summed E-state index contributed by atoms with van der Waals surface area (Å²) < 4.78 is 12.6. The molecular formula is C42H50N2O5Si. The Kier molecular flexibility index (Phi) is 12.0. The van der Waals surface area contributed by atoms with Crippen molar-refractivity contribution in [3.63, 3.8) is 0 Å². The van der Waals surface area contributed by atoms with Gasteiger partial charge in [0, 0.05) is 18.0 Å². The van der Waals surface area contributed by atoms with E-state index in [0.29, 0.717) is 22.3 Å². The number of carbonyl (C=O) groups excluding carboxylic acids is 2. The number of rotatable bonds is 14. The standard InChI is InChI=1S/C42H50N2O5Si/c1-28(2)50(29(3)4,30(5)6)49-34-22-20-32(21-23-34)24-33(26-45)43-41(46)40(25-31-14-8-7-9-15-31)44-42(47)48-27-39-37-18-12-10-16-35(37)36-17-11-13-19-38(36)39/h7-24,28-30,39-40,45H,25-27H2,1-6H3,(H,43,46)(H,44,47)/b33-24-/t40-/m0/s1. The Morgan fingerprint density at radius 3 is 1.84 bits per heavy atom. The van der Waals surface area contributed by atoms with Crippen LogP contribution in [0, 0.1) is 0 Å². The van der Waals surface area contributed by atoms with Gasteiger partial charge in [-0.15, -0.1) is 0 Å². The highest BCUT2D eigenvalue weighted by atomic mass is 28.4. The number of amides is 2. The fraction of sp³-hybridized carbons (Fsp3) is 0.333. The average Bonchev–Trinajstić information content (AvgIpc) is 3.43. The van der Waals surface area contributed by atoms with Gasteiger partial charge in [-0.1, -0.05) is 133 Å². The molecule has 4 aromatic rings. The van der Waals surface area contributed by atoms with Crippen molar-refractivity contribution >= 4 is 26.4 Å². The molecule has 4 aromatic carbocycles. The Bertz CT molecular complexity index is 1720. The van der Waals surface area contributed by atoms with Crippen LogP contribution in [0.1, 0.15) is 69.7 Å². The Hall–Kier alpha value is -4.66. The van der Waals surface area contributed by atoms with Gasteiger partial charge in [0.1, 0.15) is 18.4 Å². The summed E-state index contributed by atoms with van der Waals surface area (Å²) in [7, 11) is -2.11. The number of hydrogen-bond donors (Lipinski definition) is 3. The monoisotopic (exact) mass is 690 g/mol. The zero-order valence-electron chi connectivity index (χ0n) is 30.0. The minimum Gasteiger partial charge on any atom is -0.543 e. The van der Waals surface area contributed by atoms with Crippen LogP contribution in [0.2, 0.25) is 16.6 Å². The smallest absolute Gasteiger partial charge is 0.407 e. The lowest BCUT2D eigenvalue weighted by molar-refractivity contribution is -0.122. The van der Waals surface area contributed by atoms with Crippen molar-refractivity contribution in [3.05, 3.63) is 131 Å². The van der Waals surface area contributed by atoms with Gasteiger partial charge in [-0.3, -0.25) is 4.79 Å². The number of hydrogen-bond acceptors (Lipinski definition) is 5. The molecule has 1 atom stereocenters. The molecule has 50 heavy (non-hydrogen) atoms. The fourth-order valence-electron chi connectivity index (χ4n) is 7.60. The summed E-state index contributed by atoms with van der Waals surface area (Å²) in [5.41, 5.74) is 7.83. The molecule has 1 aliphatic rings. The molecule has 5 rings (SSSR count). The number of nitrogens with one attached hydrogen (secondary N) is 2. The zero-order valence-corrected chi connectivity index (χ0v) is 31.0. The van der Waals surface area contributed by atoms with Crippen LogP contribution in [0.3, 0.4) is 0 Å². The van der Waals surface area contributed by atoms with E-state index in [-0.39, 0.29) is 18.9 Å². The molecular weight excluding hydrogens is 641 g/mol. The molecule has 8 heteroatoms. The largest absolute Gasteiger partial charge is 0.543 e. The second-order valence-corrected chi connectivity index (χ2v) is 19.4. The van der Waals surface area contributed by atoms with E-state index in [1.54, 1.807) is 6.08 Å². The van der Waals surface area contributed by atoms with E-state index in [9.17, 15) is 14.7 Å². The topological polar surface area (TPSA) is 96.9 Å². The lowest BCUT2D eigenvalue weighted by atomic mass is 9.98. The van der Waals surface area contributed by atoms with Crippen LogP contribution in [-0.4, -0.2) is 44.7 Å². The molecule has 0 saturated heterocycles. The molecule has 0 spiro atoms. The van der Waals surface area contributed by atoms with Gasteiger partial charge < -0.3 is 24.9 Å². The van der Waals surface area contributed by atoms with Crippen molar-refractivity contribution in [2.45, 2.75) is 76.5 Å². The zero-order chi connectivity index (χ0) is 35.8. The lowest BCUT2D eigenvalue weighted by Crippen LogP contribution is -2.50. The number of aliphatic hydroxyl groups excluding tert-OH is 1. The van der Waals surface area contributed by atoms with E-state index in [0.717, 1.165) is 39.1 Å². The maximum atomic E-state index is 13.7. The van der Waals surface area contributed by atoms with Crippen molar-refractivity contribution in [2.24, 2.45) is 0 Å². The lowest BCUT2D eigenvalue weighted by Gasteiger charge is -2.42. The molecule has 0 bridgehead atoms. The SMILES string of the molecule is CC(C)[Si](Oc1ccc(/C=C(/CO)NC(=O)[C@H](Cc2ccccc2)NC(=O)OCC2c3ccccc3-c3ccccc32)cc1)(C(C)C)C(C)C. The molecule has 0 heterocycles. The van der Waals surface area contributed by atoms with E-state index in [1.807, 2.05) is 78.9 Å². The van der Waals surface area contributed by atoms with Gasteiger partial charge in [-0.25, -0.2) is 4.79 Å². The van der Waals surface area contributed by atoms with Crippen LogP contribution in [0.15, 0.2) is 109 Å². The summed E-state index contributed by atoms with van der Waals surface area (Å²) in [6, 6.07) is 32.6. The molecule has 0 aliphatic heterocycles. The van der Waals surface area contributed by atoms with E-state index >= 15 is 0 Å². The second-order valence-electron chi connectivity index (χ2n) is 14.0. The summed E-state index contributed by atoms with van der Waals surface area (Å²) in [5.74, 6) is 0.272. The molecule has 262 valence electrons. The molecule has 1 aliphatic carbocycles. The van der Waals surface area contributed by atoms with E-state index in [4.69, 9.17) is 9.16 Å². The van der Waals surface area contributed by atoms with Gasteiger partial charge in [0.25, 0.3) is 8.32 Å². The molecule has 0 fully saturated rings. The number of fused-ring (bicyclic) bond motifs is 3. The molecule has 2 amide bonds. The summed E-state index contributed by atoms with van der Waals surface area (Å²) in [5, 5.41) is 15.9. The highest BCUT2D eigenvalue weighted by Crippen LogP contribution is 2.45. The minimum absolute atomic E-state index is 0.102. The maximum absolute atomic E-state index is 13.7. The Morgan fingerprint density at radius 2 is 1.30 bits per heavy atom. The van der Waals surface area contributed by atoms with Crippen molar-refractivity contribution in [3.8, 4) is 16.9 Å². The van der Waals surface area contributed by atoms with Crippen molar-refractivity contribution in [1.82, 2.24) is 10.6 Å². The quantitative estimate of drug-likeness (QED) is 0.115. The number of aliphatic hydroxyl groups is 1. The first-order valence-electron chi connectivity index (χ1n) is 17.6. The summed E-state index contributed by atoms with van der Waals surface area (Å²) in [6.45, 7) is 13.3. The Morgan fingerprint density at radius 1 is 0.760 bits per heavy atom. The van der Waals surface area contributed by atoms with Crippen LogP contribution < -0.4 is 15.1 Å². The highest BCUT2D eigenvalue weighted by molar-refractivity contribution is 6.78. The van der Waals surface area contributed by atoms with Crippen molar-refractivity contribution in [1.29, 1.82) is 0 Å². The van der Waals surface area contributed by atoms with E-state index < -0.39 is 33.0 Å². The molecule has 0 unspecified atom stereocenters. The molecule has 0 radical (unpaired) electrons. The molecule has 7 nitrogen and oxygen atoms in total. The van der Waals surface area contributed by atoms with E-state index in [2.05, 4.69) is 76.4 Å². The van der Waals surface area contributed by atoms with Crippen molar-refractivity contribution in [2.75, 3.05) is 13.2 Å². The summed E-state index contributed by atoms with van der Waals surface area (Å²) in [4.78, 5) is 26.9. The number of benzene rings is 4. The van der Waals surface area contributed by atoms with Gasteiger partial charge in [-0.2, -0.15) is 0 Å². The number of alkyl carbamates (subject to hydrolysis) is 1. The molecule has 3 N–H and O–H groups in total. The van der Waals surface area contributed by atoms with Crippen LogP contribution in [-0.2, 0) is 16.0 Å². The third kappa shape index (κ3) is 8.20. The average molecular weight is 691 g/mol. The molecule has 0 saturated carbocycles. The van der Waals surface area contributed by atoms with Crippen LogP contribution in [0.25, 0.3) is 17.2 Å². The van der Waals surface area contributed by atoms with Crippen LogP contribution in [0.4, 0.5) is 4.79 Å². The molecule has 0 aromatic heterocycles. The minimum atomic E-state index is -2.11. The predicted octanol–water partition coefficient (Wildman–Crippen LogP) is 8.84. The maximum Gasteiger partial charge on any atom is 0.407 e. The van der Waals surface area contributed by atoms with Crippen LogP contribution in [0.5, 0.6) is 5.75 Å². The fourth-order valence-corrected chi connectivity index (χ4v) is 12.9. The third-order valence-electron chi connectivity index (χ3n) is 9.91. The van der Waals surface area contributed by atoms with Gasteiger partial charge in [0.2, 0.25) is 5.91 Å². The Balaban J connectivity index is 1.28. The Labute approximate surface area is 297 Å². The summed E-state index contributed by atoms with van der Waals surface area (Å²) in [6.07, 6.45) is 1.29. The predicted molar refractivity (Wildman–Crippen MR) is 203 cm³/mol. The third-order valence-corrected chi connectivity index (χ3v) is 15.9. The first-order valence-corrected chi connectivity index (χ1v) is 19.7. The van der Waals surface area contributed by atoms with Crippen LogP contribution >= 0.6 is 0 Å². The van der Waals surface area contributed by atoms with Crippen molar-refractivity contribution < 1.29 is 23.9 Å². The summed E-state index contributed by atoms with van der Waals surface area (Å²) >= 11 is 0. The van der Waals surface area contributed by atoms with Gasteiger partial charge >= 0.3 is 6.09 Å². The number of carbonyl (C=O) groups is 2. The van der Waals surface area contributed by atoms with Gasteiger partial charge in [-0.05, 0) is 68.2 Å². The normalized spacial score (nSPS) is 13.6. The van der Waals surface area contributed by atoms with Gasteiger partial charge in [0.05, 0.1) is 6.61 Å². The van der Waals surface area contributed by atoms with Gasteiger partial charge in [0.15, 0.2) is 0 Å². The highest BCUT2D eigenvalue weighted by Gasteiger charge is 2.47. The number of ether oxygens (including phenoxy) is 1. The first kappa shape index (κ1) is 36.6. The first-order chi connectivity index (χ1) is 24.0. The van der Waals surface area contributed by atoms with E-state index in [1.165, 1.54) is 0 Å².